The van der Waals surface area contributed by atoms with Gasteiger partial charge in [0.25, 0.3) is 8.05 Å². The number of rotatable bonds is 1. The number of hydrogen-bond donors (Lipinski definition) is 0. The second-order valence-electron chi connectivity index (χ2n) is 5.62. The van der Waals surface area contributed by atoms with Gasteiger partial charge < -0.3 is 13.5 Å². The van der Waals surface area contributed by atoms with E-state index in [0.29, 0.717) is 11.5 Å². The van der Waals surface area contributed by atoms with Crippen molar-refractivity contribution in [1.82, 2.24) is 0 Å². The molecule has 0 amide bonds. The van der Waals surface area contributed by atoms with E-state index in [0.717, 1.165) is 22.3 Å². The van der Waals surface area contributed by atoms with Crippen LogP contribution in [0, 0.1) is 13.8 Å². The highest BCUT2D eigenvalue weighted by Crippen LogP contribution is 2.54. The van der Waals surface area contributed by atoms with E-state index in [1.54, 1.807) is 0 Å². The van der Waals surface area contributed by atoms with E-state index in [-0.39, 0.29) is 5.92 Å². The summed E-state index contributed by atoms with van der Waals surface area (Å²) in [5.41, 5.74) is 4.20. The molecule has 0 radical (unpaired) electrons. The second kappa shape index (κ2) is 5.49. The van der Waals surface area contributed by atoms with Crippen molar-refractivity contribution >= 4 is 15.9 Å². The van der Waals surface area contributed by atoms with Crippen LogP contribution in [0.25, 0.3) is 0 Å². The van der Waals surface area contributed by atoms with Gasteiger partial charge in [-0.1, -0.05) is 42.3 Å². The van der Waals surface area contributed by atoms with Crippen LogP contribution in [0.4, 0.5) is 0 Å². The highest BCUT2D eigenvalue weighted by Gasteiger charge is 2.34. The molecule has 0 unspecified atom stereocenters. The summed E-state index contributed by atoms with van der Waals surface area (Å²) >= 11 is 0. The van der Waals surface area contributed by atoms with Crippen LogP contribution in [0.15, 0.2) is 36.4 Å². The van der Waals surface area contributed by atoms with Crippen LogP contribution in [0.5, 0.6) is 11.5 Å². The van der Waals surface area contributed by atoms with Crippen molar-refractivity contribution in [1.29, 1.82) is 0 Å². The van der Waals surface area contributed by atoms with E-state index < -0.39 is 7.82 Å². The van der Waals surface area contributed by atoms with Crippen LogP contribution in [0.2, 0.25) is 0 Å². The Labute approximate surface area is 131 Å². The molecular formula is C16H18BO4P. The predicted octanol–water partition coefficient (Wildman–Crippen LogP) is 3.90. The molecule has 4 nitrogen and oxygen atoms in total. The van der Waals surface area contributed by atoms with E-state index in [4.69, 9.17) is 13.5 Å². The molecule has 0 spiro atoms. The van der Waals surface area contributed by atoms with Gasteiger partial charge in [0.2, 0.25) is 0 Å². The summed E-state index contributed by atoms with van der Waals surface area (Å²) in [5, 5.41) is 0. The first kappa shape index (κ1) is 15.2. The minimum atomic E-state index is -3.69. The molecular weight excluding hydrogens is 298 g/mol. The molecule has 22 heavy (non-hydrogen) atoms. The molecule has 0 aliphatic carbocycles. The summed E-state index contributed by atoms with van der Waals surface area (Å²) in [4.78, 5) is 0. The summed E-state index contributed by atoms with van der Waals surface area (Å²) in [6.45, 7) is 6.14. The molecule has 0 bridgehead atoms. The number of phosphoric ester groups is 1. The largest absolute Gasteiger partial charge is 0.572 e. The lowest BCUT2D eigenvalue weighted by atomic mass is 9.90. The van der Waals surface area contributed by atoms with Crippen molar-refractivity contribution in [3.05, 3.63) is 58.7 Å². The molecule has 2 aromatic rings. The Morgan fingerprint density at radius 3 is 1.86 bits per heavy atom. The lowest BCUT2D eigenvalue weighted by molar-refractivity contribution is 0.301. The van der Waals surface area contributed by atoms with E-state index in [2.05, 4.69) is 19.1 Å². The molecule has 0 saturated carbocycles. The fourth-order valence-corrected chi connectivity index (χ4v) is 3.68. The zero-order valence-electron chi connectivity index (χ0n) is 13.1. The SMILES string of the molecule is BOP1(=O)Oc2ccc(C)cc2C(C)c2cc(C)ccc2O1. The molecule has 1 aliphatic heterocycles. The van der Waals surface area contributed by atoms with Gasteiger partial charge in [0.1, 0.15) is 11.5 Å². The van der Waals surface area contributed by atoms with Crippen molar-refractivity contribution in [3.8, 4) is 11.5 Å². The van der Waals surface area contributed by atoms with E-state index in [1.807, 2.05) is 38.1 Å². The number of benzene rings is 2. The first-order valence-electron chi connectivity index (χ1n) is 7.18. The topological polar surface area (TPSA) is 44.8 Å². The maximum atomic E-state index is 12.7. The van der Waals surface area contributed by atoms with Crippen molar-refractivity contribution in [2.75, 3.05) is 0 Å². The third-order valence-electron chi connectivity index (χ3n) is 3.91. The molecule has 3 rings (SSSR count). The highest BCUT2D eigenvalue weighted by atomic mass is 31.2. The summed E-state index contributed by atoms with van der Waals surface area (Å²) in [6, 6.07) is 11.6. The summed E-state index contributed by atoms with van der Waals surface area (Å²) in [5.74, 6) is 1.14. The minimum absolute atomic E-state index is 0.0652. The highest BCUT2D eigenvalue weighted by molar-refractivity contribution is 7.50. The average Bonchev–Trinajstić information content (AvgIpc) is 2.49. The standard InChI is InChI=1S/C16H18BO4P/c1-10-4-6-15-13(8-10)12(3)14-9-11(2)5-7-16(14)20-22(18,19-15)21-17/h4-9,12H,17H2,1-3H3. The first-order chi connectivity index (χ1) is 10.4. The molecule has 0 saturated heterocycles. The molecule has 114 valence electrons. The summed E-state index contributed by atoms with van der Waals surface area (Å²) in [6.07, 6.45) is 0. The Morgan fingerprint density at radius 1 is 1.00 bits per heavy atom. The van der Waals surface area contributed by atoms with Gasteiger partial charge in [-0.25, -0.2) is 4.57 Å². The van der Waals surface area contributed by atoms with E-state index in [1.165, 1.54) is 8.05 Å². The lowest BCUT2D eigenvalue weighted by Gasteiger charge is -2.27. The third kappa shape index (κ3) is 2.67. The number of hydrogen-bond acceptors (Lipinski definition) is 4. The molecule has 0 fully saturated rings. The number of fused-ring (bicyclic) bond motifs is 2. The summed E-state index contributed by atoms with van der Waals surface area (Å²) < 4.78 is 28.9. The first-order valence-corrected chi connectivity index (χ1v) is 8.64. The van der Waals surface area contributed by atoms with Crippen molar-refractivity contribution in [2.24, 2.45) is 0 Å². The van der Waals surface area contributed by atoms with Gasteiger partial charge in [0.15, 0.2) is 0 Å². The van der Waals surface area contributed by atoms with E-state index in [9.17, 15) is 4.57 Å². The Hall–Kier alpha value is -1.71. The quantitative estimate of drug-likeness (QED) is 0.591. The van der Waals surface area contributed by atoms with Crippen LogP contribution >= 0.6 is 7.82 Å². The van der Waals surface area contributed by atoms with Gasteiger partial charge in [0, 0.05) is 17.0 Å². The average molecular weight is 316 g/mol. The molecule has 6 heteroatoms. The Bertz CT molecular complexity index is 715. The molecule has 0 atom stereocenters. The molecule has 1 aliphatic rings. The maximum absolute atomic E-state index is 12.7. The lowest BCUT2D eigenvalue weighted by Crippen LogP contribution is -2.12. The van der Waals surface area contributed by atoms with Crippen molar-refractivity contribution in [2.45, 2.75) is 26.7 Å². The molecule has 2 aromatic carbocycles. The monoisotopic (exact) mass is 316 g/mol. The molecule has 0 N–H and O–H groups in total. The second-order valence-corrected chi connectivity index (χ2v) is 7.24. The van der Waals surface area contributed by atoms with Gasteiger partial charge >= 0.3 is 7.82 Å². The zero-order valence-corrected chi connectivity index (χ0v) is 14.0. The predicted molar refractivity (Wildman–Crippen MR) is 88.4 cm³/mol. The van der Waals surface area contributed by atoms with Crippen LogP contribution in [-0.2, 0) is 9.01 Å². The summed E-state index contributed by atoms with van der Waals surface area (Å²) in [7, 11) is -2.36. The van der Waals surface area contributed by atoms with Crippen LogP contribution < -0.4 is 9.05 Å². The zero-order chi connectivity index (χ0) is 15.9. The Kier molecular flexibility index (Phi) is 3.79. The normalized spacial score (nSPS) is 23.3. The van der Waals surface area contributed by atoms with Crippen LogP contribution in [0.3, 0.4) is 0 Å². The number of aryl methyl sites for hydroxylation is 2. The Balaban J connectivity index is 2.26. The smallest absolute Gasteiger partial charge is 0.396 e. The van der Waals surface area contributed by atoms with Crippen LogP contribution in [0.1, 0.15) is 35.1 Å². The molecule has 1 heterocycles. The molecule has 0 aromatic heterocycles. The Morgan fingerprint density at radius 2 is 1.45 bits per heavy atom. The maximum Gasteiger partial charge on any atom is 0.572 e. The fourth-order valence-electron chi connectivity index (χ4n) is 2.68. The van der Waals surface area contributed by atoms with E-state index >= 15 is 0 Å². The fraction of sp³-hybridized carbons (Fsp3) is 0.250. The van der Waals surface area contributed by atoms with Gasteiger partial charge in [-0.05, 0) is 26.0 Å². The van der Waals surface area contributed by atoms with Crippen molar-refractivity contribution in [3.63, 3.8) is 0 Å². The third-order valence-corrected chi connectivity index (χ3v) is 5.20. The number of phosphoric acid groups is 1. The van der Waals surface area contributed by atoms with Crippen LogP contribution in [-0.4, -0.2) is 8.05 Å². The van der Waals surface area contributed by atoms with Gasteiger partial charge in [-0.2, -0.15) is 0 Å². The van der Waals surface area contributed by atoms with Gasteiger partial charge in [0.05, 0.1) is 0 Å². The van der Waals surface area contributed by atoms with Gasteiger partial charge in [-0.15, -0.1) is 0 Å². The van der Waals surface area contributed by atoms with Crippen molar-refractivity contribution < 1.29 is 18.1 Å². The minimum Gasteiger partial charge on any atom is -0.396 e. The van der Waals surface area contributed by atoms with Gasteiger partial charge in [-0.3, -0.25) is 0 Å².